The summed E-state index contributed by atoms with van der Waals surface area (Å²) in [6.45, 7) is 6.37. The van der Waals surface area contributed by atoms with E-state index in [0.717, 1.165) is 32.5 Å². The van der Waals surface area contributed by atoms with Crippen LogP contribution in [0.5, 0.6) is 0 Å². The monoisotopic (exact) mass is 200 g/mol. The predicted octanol–water partition coefficient (Wildman–Crippen LogP) is 3.52. The average molecular weight is 200 g/mol. The number of hydrogen-bond acceptors (Lipinski definition) is 2. The molecule has 0 saturated heterocycles. The van der Waals surface area contributed by atoms with Gasteiger partial charge in [0.2, 0.25) is 0 Å². The van der Waals surface area contributed by atoms with Crippen molar-refractivity contribution in [2.24, 2.45) is 0 Å². The molecule has 2 nitrogen and oxygen atoms in total. The number of rotatable bonds is 10. The highest BCUT2D eigenvalue weighted by Gasteiger charge is 1.88. The Morgan fingerprint density at radius 1 is 0.929 bits per heavy atom. The van der Waals surface area contributed by atoms with Crippen LogP contribution in [0.1, 0.15) is 46.0 Å². The van der Waals surface area contributed by atoms with Crippen molar-refractivity contribution >= 4 is 0 Å². The quantitative estimate of drug-likeness (QED) is 0.305. The minimum Gasteiger partial charge on any atom is -0.355 e. The molecule has 2 heteroatoms. The van der Waals surface area contributed by atoms with Gasteiger partial charge < -0.3 is 9.47 Å². The zero-order valence-corrected chi connectivity index (χ0v) is 9.63. The molecule has 0 rings (SSSR count). The molecule has 0 heterocycles. The Kier molecular flexibility index (Phi) is 12.4. The first kappa shape index (κ1) is 13.7. The van der Waals surface area contributed by atoms with Crippen molar-refractivity contribution in [2.75, 3.05) is 20.0 Å². The Balaban J connectivity index is 2.88. The van der Waals surface area contributed by atoms with Gasteiger partial charge in [-0.05, 0) is 19.3 Å². The molecule has 0 aliphatic heterocycles. The Bertz CT molecular complexity index is 121. The molecule has 0 aromatic carbocycles. The van der Waals surface area contributed by atoms with E-state index in [-0.39, 0.29) is 0 Å². The zero-order valence-electron chi connectivity index (χ0n) is 9.63. The maximum Gasteiger partial charge on any atom is 0.146 e. The van der Waals surface area contributed by atoms with Gasteiger partial charge in [0.15, 0.2) is 0 Å². The van der Waals surface area contributed by atoms with Crippen molar-refractivity contribution in [1.82, 2.24) is 0 Å². The lowest BCUT2D eigenvalue weighted by Crippen LogP contribution is -2.02. The van der Waals surface area contributed by atoms with Crippen LogP contribution in [0.25, 0.3) is 0 Å². The summed E-state index contributed by atoms with van der Waals surface area (Å²) in [6, 6.07) is 0. The molecule has 0 aromatic heterocycles. The Morgan fingerprint density at radius 3 is 2.43 bits per heavy atom. The van der Waals surface area contributed by atoms with Crippen LogP contribution in [0.3, 0.4) is 0 Å². The molecular formula is C12H24O2. The van der Waals surface area contributed by atoms with Crippen LogP contribution in [0.4, 0.5) is 0 Å². The lowest BCUT2D eigenvalue weighted by Gasteiger charge is -2.03. The number of ether oxygens (including phenoxy) is 2. The van der Waals surface area contributed by atoms with Gasteiger partial charge in [-0.1, -0.05) is 38.8 Å². The van der Waals surface area contributed by atoms with Crippen LogP contribution in [0, 0.1) is 0 Å². The number of unbranched alkanes of at least 4 members (excludes halogenated alkanes) is 2. The van der Waals surface area contributed by atoms with Crippen molar-refractivity contribution in [1.29, 1.82) is 0 Å². The molecule has 0 saturated carbocycles. The summed E-state index contributed by atoms with van der Waals surface area (Å²) in [6.07, 6.45) is 10.0. The van der Waals surface area contributed by atoms with Crippen molar-refractivity contribution in [3.8, 4) is 0 Å². The molecule has 0 radical (unpaired) electrons. The molecule has 0 bridgehead atoms. The van der Waals surface area contributed by atoms with E-state index in [1.165, 1.54) is 12.8 Å². The number of allylic oxidation sites excluding steroid dienone is 1. The number of hydrogen-bond donors (Lipinski definition) is 0. The summed E-state index contributed by atoms with van der Waals surface area (Å²) >= 11 is 0. The van der Waals surface area contributed by atoms with Crippen LogP contribution < -0.4 is 0 Å². The van der Waals surface area contributed by atoms with Crippen LogP contribution in [0.2, 0.25) is 0 Å². The van der Waals surface area contributed by atoms with Gasteiger partial charge in [-0.15, -0.1) is 0 Å². The highest BCUT2D eigenvalue weighted by Crippen LogP contribution is 1.94. The minimum absolute atomic E-state index is 0.448. The van der Waals surface area contributed by atoms with Crippen LogP contribution in [-0.2, 0) is 9.47 Å². The normalized spacial score (nSPS) is 11.3. The fourth-order valence-electron chi connectivity index (χ4n) is 1.07. The van der Waals surface area contributed by atoms with Crippen LogP contribution >= 0.6 is 0 Å². The van der Waals surface area contributed by atoms with Crippen molar-refractivity contribution in [3.63, 3.8) is 0 Å². The largest absolute Gasteiger partial charge is 0.355 e. The van der Waals surface area contributed by atoms with Crippen LogP contribution in [0.15, 0.2) is 12.2 Å². The predicted molar refractivity (Wildman–Crippen MR) is 60.3 cm³/mol. The van der Waals surface area contributed by atoms with E-state index in [9.17, 15) is 0 Å². The highest BCUT2D eigenvalue weighted by molar-refractivity contribution is 4.79. The second kappa shape index (κ2) is 12.7. The van der Waals surface area contributed by atoms with Gasteiger partial charge >= 0.3 is 0 Å². The lowest BCUT2D eigenvalue weighted by atomic mass is 10.3. The van der Waals surface area contributed by atoms with E-state index in [1.807, 2.05) is 0 Å². The maximum atomic E-state index is 5.30. The van der Waals surface area contributed by atoms with E-state index in [2.05, 4.69) is 26.0 Å². The molecule has 0 unspecified atom stereocenters. The van der Waals surface area contributed by atoms with E-state index in [4.69, 9.17) is 9.47 Å². The van der Waals surface area contributed by atoms with Crippen molar-refractivity contribution in [3.05, 3.63) is 12.2 Å². The van der Waals surface area contributed by atoms with Gasteiger partial charge in [-0.3, -0.25) is 0 Å². The first-order valence-electron chi connectivity index (χ1n) is 5.72. The molecule has 0 N–H and O–H groups in total. The molecule has 14 heavy (non-hydrogen) atoms. The summed E-state index contributed by atoms with van der Waals surface area (Å²) in [5.74, 6) is 0. The first-order chi connectivity index (χ1) is 6.91. The smallest absolute Gasteiger partial charge is 0.146 e. The van der Waals surface area contributed by atoms with Crippen LogP contribution in [-0.4, -0.2) is 20.0 Å². The third-order valence-electron chi connectivity index (χ3n) is 1.89. The van der Waals surface area contributed by atoms with Gasteiger partial charge in [-0.2, -0.15) is 0 Å². The summed E-state index contributed by atoms with van der Waals surface area (Å²) < 4.78 is 10.6. The third-order valence-corrected chi connectivity index (χ3v) is 1.89. The molecule has 0 atom stereocenters. The summed E-state index contributed by atoms with van der Waals surface area (Å²) in [7, 11) is 0. The molecule has 0 spiro atoms. The van der Waals surface area contributed by atoms with Gasteiger partial charge in [-0.25, -0.2) is 0 Å². The summed E-state index contributed by atoms with van der Waals surface area (Å²) in [5.41, 5.74) is 0. The summed E-state index contributed by atoms with van der Waals surface area (Å²) in [5, 5.41) is 0. The van der Waals surface area contributed by atoms with Crippen molar-refractivity contribution < 1.29 is 9.47 Å². The molecule has 0 amide bonds. The van der Waals surface area contributed by atoms with Gasteiger partial charge in [0.05, 0.1) is 6.61 Å². The molecular weight excluding hydrogens is 176 g/mol. The first-order valence-corrected chi connectivity index (χ1v) is 5.72. The van der Waals surface area contributed by atoms with E-state index in [0.29, 0.717) is 6.79 Å². The molecule has 0 fully saturated rings. The highest BCUT2D eigenvalue weighted by atomic mass is 16.7. The second-order valence-electron chi connectivity index (χ2n) is 3.31. The average Bonchev–Trinajstić information content (AvgIpc) is 2.21. The molecule has 0 aliphatic rings. The molecule has 0 aliphatic carbocycles. The van der Waals surface area contributed by atoms with Gasteiger partial charge in [0.1, 0.15) is 6.79 Å². The van der Waals surface area contributed by atoms with E-state index in [1.54, 1.807) is 0 Å². The lowest BCUT2D eigenvalue weighted by molar-refractivity contribution is -0.0531. The minimum atomic E-state index is 0.448. The third kappa shape index (κ3) is 11.7. The standard InChI is InChI=1S/C12H24O2/c1-3-5-7-9-11-14-12-13-10-8-6-4-2/h5,7H,3-4,6,8-12H2,1-2H3/b7-5+. The fourth-order valence-corrected chi connectivity index (χ4v) is 1.07. The summed E-state index contributed by atoms with van der Waals surface area (Å²) in [4.78, 5) is 0. The molecule has 0 aromatic rings. The van der Waals surface area contributed by atoms with E-state index < -0.39 is 0 Å². The Morgan fingerprint density at radius 2 is 1.71 bits per heavy atom. The Labute approximate surface area is 88.3 Å². The zero-order chi connectivity index (χ0) is 10.5. The van der Waals surface area contributed by atoms with Gasteiger partial charge in [0, 0.05) is 6.61 Å². The van der Waals surface area contributed by atoms with E-state index >= 15 is 0 Å². The molecule has 84 valence electrons. The SMILES string of the molecule is CC/C=C/CCOCOCCCCC. The maximum absolute atomic E-state index is 5.30. The van der Waals surface area contributed by atoms with Crippen molar-refractivity contribution in [2.45, 2.75) is 46.0 Å². The fraction of sp³-hybridized carbons (Fsp3) is 0.833. The Hall–Kier alpha value is -0.340. The van der Waals surface area contributed by atoms with Gasteiger partial charge in [0.25, 0.3) is 0 Å². The second-order valence-corrected chi connectivity index (χ2v) is 3.31. The topological polar surface area (TPSA) is 18.5 Å².